The summed E-state index contributed by atoms with van der Waals surface area (Å²) in [4.78, 5) is 11.6. The molecule has 1 aromatic rings. The molecule has 1 aliphatic rings. The van der Waals surface area contributed by atoms with E-state index in [4.69, 9.17) is 10.5 Å². The van der Waals surface area contributed by atoms with E-state index in [1.54, 1.807) is 13.8 Å². The van der Waals surface area contributed by atoms with Crippen LogP contribution in [0.1, 0.15) is 25.1 Å². The zero-order valence-electron chi connectivity index (χ0n) is 8.78. The van der Waals surface area contributed by atoms with Crippen molar-refractivity contribution >= 4 is 11.9 Å². The predicted octanol–water partition coefficient (Wildman–Crippen LogP) is 0.462. The van der Waals surface area contributed by atoms with Gasteiger partial charge in [0, 0.05) is 18.7 Å². The van der Waals surface area contributed by atoms with Gasteiger partial charge in [0.1, 0.15) is 0 Å². The molecule has 6 nitrogen and oxygen atoms in total. The molecule has 0 amide bonds. The van der Waals surface area contributed by atoms with E-state index in [9.17, 15) is 4.79 Å². The first-order valence-corrected chi connectivity index (χ1v) is 4.87. The van der Waals surface area contributed by atoms with E-state index in [2.05, 4.69) is 10.4 Å². The van der Waals surface area contributed by atoms with E-state index in [0.717, 1.165) is 11.3 Å². The number of anilines is 1. The second-order valence-corrected chi connectivity index (χ2v) is 3.76. The van der Waals surface area contributed by atoms with Crippen molar-refractivity contribution in [1.82, 2.24) is 15.1 Å². The summed E-state index contributed by atoms with van der Waals surface area (Å²) < 4.78 is 6.29. The standard InChI is InChI=1S/C9H14N4O2/c1-5(2)15-9(14)13-7-4-11-3-6(7)8(10)12-13/h5,11H,3-4H2,1-2H3,(H2,10,12). The molecule has 2 rings (SSSR count). The minimum Gasteiger partial charge on any atom is -0.445 e. The molecule has 0 spiro atoms. The van der Waals surface area contributed by atoms with Crippen LogP contribution in [0.25, 0.3) is 0 Å². The fourth-order valence-corrected chi connectivity index (χ4v) is 1.59. The summed E-state index contributed by atoms with van der Waals surface area (Å²) in [5.74, 6) is 0.399. The third kappa shape index (κ3) is 1.68. The summed E-state index contributed by atoms with van der Waals surface area (Å²) in [6, 6.07) is 0. The monoisotopic (exact) mass is 210 g/mol. The van der Waals surface area contributed by atoms with Crippen LogP contribution >= 0.6 is 0 Å². The fourth-order valence-electron chi connectivity index (χ4n) is 1.59. The minimum absolute atomic E-state index is 0.159. The number of hydrogen-bond donors (Lipinski definition) is 2. The van der Waals surface area contributed by atoms with Gasteiger partial charge in [0.2, 0.25) is 0 Å². The maximum atomic E-state index is 11.6. The van der Waals surface area contributed by atoms with Gasteiger partial charge in [-0.2, -0.15) is 4.68 Å². The first-order valence-electron chi connectivity index (χ1n) is 4.87. The lowest BCUT2D eigenvalue weighted by atomic mass is 10.3. The molecule has 15 heavy (non-hydrogen) atoms. The highest BCUT2D eigenvalue weighted by Gasteiger charge is 2.24. The average molecular weight is 210 g/mol. The van der Waals surface area contributed by atoms with Crippen molar-refractivity contribution in [2.75, 3.05) is 5.73 Å². The Balaban J connectivity index is 2.29. The molecule has 1 aromatic heterocycles. The quantitative estimate of drug-likeness (QED) is 0.703. The van der Waals surface area contributed by atoms with Gasteiger partial charge < -0.3 is 15.8 Å². The van der Waals surface area contributed by atoms with Crippen LogP contribution in [-0.4, -0.2) is 22.0 Å². The van der Waals surface area contributed by atoms with Crippen molar-refractivity contribution in [2.45, 2.75) is 33.0 Å². The van der Waals surface area contributed by atoms with Gasteiger partial charge in [-0.25, -0.2) is 4.79 Å². The molecule has 82 valence electrons. The highest BCUT2D eigenvalue weighted by atomic mass is 16.6. The normalized spacial score (nSPS) is 14.3. The molecule has 0 radical (unpaired) electrons. The maximum Gasteiger partial charge on any atom is 0.435 e. The number of nitrogens with one attached hydrogen (secondary N) is 1. The van der Waals surface area contributed by atoms with Crippen LogP contribution in [0.2, 0.25) is 0 Å². The van der Waals surface area contributed by atoms with Crippen LogP contribution < -0.4 is 11.1 Å². The van der Waals surface area contributed by atoms with E-state index in [0.29, 0.717) is 18.9 Å². The number of aromatic nitrogens is 2. The van der Waals surface area contributed by atoms with Gasteiger partial charge in [0.25, 0.3) is 0 Å². The molecule has 6 heteroatoms. The van der Waals surface area contributed by atoms with Gasteiger partial charge in [-0.3, -0.25) is 0 Å². The van der Waals surface area contributed by atoms with Crippen molar-refractivity contribution in [3.8, 4) is 0 Å². The molecule has 3 N–H and O–H groups in total. The van der Waals surface area contributed by atoms with Gasteiger partial charge in [-0.1, -0.05) is 0 Å². The second kappa shape index (κ2) is 3.54. The van der Waals surface area contributed by atoms with E-state index < -0.39 is 6.09 Å². The first-order chi connectivity index (χ1) is 7.09. The summed E-state index contributed by atoms with van der Waals surface area (Å²) in [5, 5.41) is 7.07. The Morgan fingerprint density at radius 2 is 2.33 bits per heavy atom. The Morgan fingerprint density at radius 3 is 3.00 bits per heavy atom. The van der Waals surface area contributed by atoms with E-state index in [1.807, 2.05) is 0 Å². The smallest absolute Gasteiger partial charge is 0.435 e. The lowest BCUT2D eigenvalue weighted by Crippen LogP contribution is -2.22. The number of nitrogens with two attached hydrogens (primary N) is 1. The largest absolute Gasteiger partial charge is 0.445 e. The average Bonchev–Trinajstić information content (AvgIpc) is 2.68. The molecule has 0 saturated heterocycles. The number of carbonyl (C=O) groups excluding carboxylic acids is 1. The highest BCUT2D eigenvalue weighted by Crippen LogP contribution is 2.21. The van der Waals surface area contributed by atoms with Crippen molar-refractivity contribution in [3.05, 3.63) is 11.3 Å². The molecule has 0 fully saturated rings. The molecule has 0 unspecified atom stereocenters. The van der Waals surface area contributed by atoms with Gasteiger partial charge in [-0.15, -0.1) is 5.10 Å². The van der Waals surface area contributed by atoms with E-state index in [-0.39, 0.29) is 6.10 Å². The predicted molar refractivity (Wildman–Crippen MR) is 54.2 cm³/mol. The number of ether oxygens (including phenoxy) is 1. The molecule has 2 heterocycles. The molecule has 0 saturated carbocycles. The van der Waals surface area contributed by atoms with Crippen LogP contribution in [0.15, 0.2) is 0 Å². The van der Waals surface area contributed by atoms with Crippen molar-refractivity contribution in [3.63, 3.8) is 0 Å². The van der Waals surface area contributed by atoms with Crippen LogP contribution in [0.4, 0.5) is 10.6 Å². The number of nitrogens with zero attached hydrogens (tertiary/aromatic N) is 2. The highest BCUT2D eigenvalue weighted by molar-refractivity contribution is 5.72. The van der Waals surface area contributed by atoms with Crippen LogP contribution in [-0.2, 0) is 17.8 Å². The summed E-state index contributed by atoms with van der Waals surface area (Å²) in [5.41, 5.74) is 7.38. The van der Waals surface area contributed by atoms with Gasteiger partial charge in [-0.05, 0) is 13.8 Å². The summed E-state index contributed by atoms with van der Waals surface area (Å²) >= 11 is 0. The van der Waals surface area contributed by atoms with Gasteiger partial charge in [0.15, 0.2) is 5.82 Å². The Labute approximate surface area is 87.4 Å². The summed E-state index contributed by atoms with van der Waals surface area (Å²) in [7, 11) is 0. The van der Waals surface area contributed by atoms with Gasteiger partial charge in [0.05, 0.1) is 11.8 Å². The van der Waals surface area contributed by atoms with Crippen LogP contribution in [0.3, 0.4) is 0 Å². The molecule has 0 aromatic carbocycles. The summed E-state index contributed by atoms with van der Waals surface area (Å²) in [6.45, 7) is 4.86. The maximum absolute atomic E-state index is 11.6. The van der Waals surface area contributed by atoms with E-state index in [1.165, 1.54) is 4.68 Å². The molecule has 0 aliphatic carbocycles. The minimum atomic E-state index is -0.471. The van der Waals surface area contributed by atoms with Crippen molar-refractivity contribution < 1.29 is 9.53 Å². The lowest BCUT2D eigenvalue weighted by molar-refractivity contribution is 0.113. The number of nitrogen functional groups attached to an aromatic ring is 1. The number of rotatable bonds is 1. The number of hydrogen-bond acceptors (Lipinski definition) is 5. The van der Waals surface area contributed by atoms with Crippen LogP contribution in [0.5, 0.6) is 0 Å². The van der Waals surface area contributed by atoms with Crippen molar-refractivity contribution in [2.24, 2.45) is 0 Å². The molecule has 0 atom stereocenters. The van der Waals surface area contributed by atoms with Crippen LogP contribution in [0, 0.1) is 0 Å². The third-order valence-corrected chi connectivity index (χ3v) is 2.22. The number of carbonyl (C=O) groups is 1. The Morgan fingerprint density at radius 1 is 1.60 bits per heavy atom. The number of fused-ring (bicyclic) bond motifs is 1. The summed E-state index contributed by atoms with van der Waals surface area (Å²) in [6.07, 6.45) is -0.630. The Hall–Kier alpha value is -1.56. The first kappa shape index (κ1) is 9.97. The lowest BCUT2D eigenvalue weighted by Gasteiger charge is -2.08. The molecular weight excluding hydrogens is 196 g/mol. The fraction of sp³-hybridized carbons (Fsp3) is 0.556. The third-order valence-electron chi connectivity index (χ3n) is 2.22. The molecule has 1 aliphatic heterocycles. The zero-order chi connectivity index (χ0) is 11.0. The molecular formula is C9H14N4O2. The Bertz CT molecular complexity index is 397. The van der Waals surface area contributed by atoms with E-state index >= 15 is 0 Å². The second-order valence-electron chi connectivity index (χ2n) is 3.76. The zero-order valence-corrected chi connectivity index (χ0v) is 8.78. The van der Waals surface area contributed by atoms with Crippen molar-refractivity contribution in [1.29, 1.82) is 0 Å². The molecule has 0 bridgehead atoms. The Kier molecular flexibility index (Phi) is 2.36. The van der Waals surface area contributed by atoms with Gasteiger partial charge >= 0.3 is 6.09 Å². The topological polar surface area (TPSA) is 82.2 Å². The SMILES string of the molecule is CC(C)OC(=O)n1nc(N)c2c1CNC2.